The van der Waals surface area contributed by atoms with Crippen LogP contribution in [0.2, 0.25) is 0 Å². The minimum absolute atomic E-state index is 0.350. The standard InChI is InChI=1S/C15H29N3/c1-15(2)11-18(9-8-17(15)3)14-7-4-12(14)10-16-13-5-6-13/h12-14,16H,4-11H2,1-3H3. The molecule has 3 rings (SSSR count). The highest BCUT2D eigenvalue weighted by Gasteiger charge is 2.41. The van der Waals surface area contributed by atoms with E-state index in [4.69, 9.17) is 0 Å². The zero-order valence-corrected chi connectivity index (χ0v) is 12.3. The zero-order chi connectivity index (χ0) is 12.8. The number of hydrogen-bond acceptors (Lipinski definition) is 3. The highest BCUT2D eigenvalue weighted by atomic mass is 15.3. The van der Waals surface area contributed by atoms with Gasteiger partial charge < -0.3 is 5.32 Å². The summed E-state index contributed by atoms with van der Waals surface area (Å²) < 4.78 is 0. The van der Waals surface area contributed by atoms with Crippen LogP contribution in [-0.2, 0) is 0 Å². The molecule has 3 nitrogen and oxygen atoms in total. The van der Waals surface area contributed by atoms with Crippen LogP contribution >= 0.6 is 0 Å². The van der Waals surface area contributed by atoms with E-state index in [-0.39, 0.29) is 0 Å². The van der Waals surface area contributed by atoms with Gasteiger partial charge in [0.25, 0.3) is 0 Å². The fourth-order valence-corrected chi connectivity index (χ4v) is 3.44. The summed E-state index contributed by atoms with van der Waals surface area (Å²) in [5, 5.41) is 3.72. The molecule has 1 saturated heterocycles. The summed E-state index contributed by atoms with van der Waals surface area (Å²) in [6.07, 6.45) is 5.70. The Morgan fingerprint density at radius 1 is 1.11 bits per heavy atom. The van der Waals surface area contributed by atoms with E-state index in [2.05, 4.69) is 36.0 Å². The van der Waals surface area contributed by atoms with Crippen LogP contribution < -0.4 is 5.32 Å². The van der Waals surface area contributed by atoms with Crippen molar-refractivity contribution in [3.63, 3.8) is 0 Å². The Bertz CT molecular complexity index is 298. The van der Waals surface area contributed by atoms with Crippen molar-refractivity contribution >= 4 is 0 Å². The molecule has 1 N–H and O–H groups in total. The van der Waals surface area contributed by atoms with Gasteiger partial charge in [0.1, 0.15) is 0 Å². The Hall–Kier alpha value is -0.120. The average Bonchev–Trinajstić information content (AvgIpc) is 3.06. The first kappa shape index (κ1) is 12.9. The maximum absolute atomic E-state index is 3.72. The van der Waals surface area contributed by atoms with Gasteiger partial charge in [-0.15, -0.1) is 0 Å². The van der Waals surface area contributed by atoms with Crippen molar-refractivity contribution in [2.75, 3.05) is 33.2 Å². The van der Waals surface area contributed by atoms with Crippen LogP contribution in [0.25, 0.3) is 0 Å². The number of rotatable bonds is 4. The summed E-state index contributed by atoms with van der Waals surface area (Å²) in [5.74, 6) is 0.921. The molecule has 0 aromatic carbocycles. The summed E-state index contributed by atoms with van der Waals surface area (Å²) >= 11 is 0. The summed E-state index contributed by atoms with van der Waals surface area (Å²) in [7, 11) is 2.27. The first-order chi connectivity index (χ1) is 8.56. The molecule has 3 heteroatoms. The molecule has 104 valence electrons. The predicted molar refractivity (Wildman–Crippen MR) is 75.8 cm³/mol. The highest BCUT2D eigenvalue weighted by molar-refractivity contribution is 4.97. The second-order valence-corrected chi connectivity index (χ2v) is 7.29. The molecule has 2 atom stereocenters. The van der Waals surface area contributed by atoms with E-state index in [1.54, 1.807) is 0 Å². The largest absolute Gasteiger partial charge is 0.314 e. The van der Waals surface area contributed by atoms with Crippen molar-refractivity contribution in [2.24, 2.45) is 5.92 Å². The van der Waals surface area contributed by atoms with E-state index in [1.165, 1.54) is 51.9 Å². The van der Waals surface area contributed by atoms with Crippen LogP contribution in [0.4, 0.5) is 0 Å². The normalized spacial score (nSPS) is 37.5. The Morgan fingerprint density at radius 2 is 1.89 bits per heavy atom. The molecule has 0 aromatic heterocycles. The van der Waals surface area contributed by atoms with Crippen LogP contribution in [0.5, 0.6) is 0 Å². The fourth-order valence-electron chi connectivity index (χ4n) is 3.44. The van der Waals surface area contributed by atoms with Gasteiger partial charge in [-0.1, -0.05) is 0 Å². The van der Waals surface area contributed by atoms with E-state index in [1.807, 2.05) is 0 Å². The molecule has 0 aromatic rings. The Balaban J connectivity index is 1.51. The van der Waals surface area contributed by atoms with Crippen LogP contribution in [0, 0.1) is 5.92 Å². The molecule has 2 saturated carbocycles. The SMILES string of the molecule is CN1CCN(C2CCC2CNC2CC2)CC1(C)C. The number of nitrogens with zero attached hydrogens (tertiary/aromatic N) is 2. The fraction of sp³-hybridized carbons (Fsp3) is 1.00. The molecular weight excluding hydrogens is 222 g/mol. The van der Waals surface area contributed by atoms with Crippen molar-refractivity contribution in [3.05, 3.63) is 0 Å². The number of nitrogens with one attached hydrogen (secondary N) is 1. The topological polar surface area (TPSA) is 18.5 Å². The van der Waals surface area contributed by atoms with Crippen LogP contribution in [0.15, 0.2) is 0 Å². The summed E-state index contributed by atoms with van der Waals surface area (Å²) in [6, 6.07) is 1.74. The summed E-state index contributed by atoms with van der Waals surface area (Å²) in [4.78, 5) is 5.28. The second kappa shape index (κ2) is 4.77. The lowest BCUT2D eigenvalue weighted by atomic mass is 9.77. The number of piperazine rings is 1. The first-order valence-corrected chi connectivity index (χ1v) is 7.75. The first-order valence-electron chi connectivity index (χ1n) is 7.75. The lowest BCUT2D eigenvalue weighted by molar-refractivity contribution is -0.0274. The van der Waals surface area contributed by atoms with E-state index in [0.717, 1.165) is 18.0 Å². The monoisotopic (exact) mass is 251 g/mol. The Kier molecular flexibility index (Phi) is 3.41. The minimum atomic E-state index is 0.350. The van der Waals surface area contributed by atoms with Crippen molar-refractivity contribution in [2.45, 2.75) is 57.2 Å². The Labute approximate surface area is 112 Å². The third kappa shape index (κ3) is 2.59. The van der Waals surface area contributed by atoms with Crippen molar-refractivity contribution in [1.82, 2.24) is 15.1 Å². The predicted octanol–water partition coefficient (Wildman–Crippen LogP) is 1.54. The van der Waals surface area contributed by atoms with Crippen molar-refractivity contribution in [1.29, 1.82) is 0 Å². The van der Waals surface area contributed by atoms with Gasteiger partial charge in [0.2, 0.25) is 0 Å². The molecule has 0 spiro atoms. The molecule has 0 radical (unpaired) electrons. The van der Waals surface area contributed by atoms with E-state index in [0.29, 0.717) is 5.54 Å². The zero-order valence-electron chi connectivity index (χ0n) is 12.3. The average molecular weight is 251 g/mol. The third-order valence-corrected chi connectivity index (χ3v) is 5.44. The van der Waals surface area contributed by atoms with Gasteiger partial charge in [0.15, 0.2) is 0 Å². The highest BCUT2D eigenvalue weighted by Crippen LogP contribution is 2.35. The minimum Gasteiger partial charge on any atom is -0.314 e. The van der Waals surface area contributed by atoms with E-state index >= 15 is 0 Å². The van der Waals surface area contributed by atoms with Crippen LogP contribution in [0.1, 0.15) is 39.5 Å². The molecule has 18 heavy (non-hydrogen) atoms. The van der Waals surface area contributed by atoms with Gasteiger partial charge in [0.05, 0.1) is 0 Å². The van der Waals surface area contributed by atoms with E-state index in [9.17, 15) is 0 Å². The maximum atomic E-state index is 3.72. The lowest BCUT2D eigenvalue weighted by Crippen LogP contribution is -2.63. The summed E-state index contributed by atoms with van der Waals surface area (Å²) in [6.45, 7) is 9.78. The summed E-state index contributed by atoms with van der Waals surface area (Å²) in [5.41, 5.74) is 0.350. The second-order valence-electron chi connectivity index (χ2n) is 7.29. The van der Waals surface area contributed by atoms with Gasteiger partial charge >= 0.3 is 0 Å². The number of likely N-dealkylation sites (N-methyl/N-ethyl adjacent to an activating group) is 1. The Morgan fingerprint density at radius 3 is 2.44 bits per heavy atom. The van der Waals surface area contributed by atoms with Crippen LogP contribution in [0.3, 0.4) is 0 Å². The smallest absolute Gasteiger partial charge is 0.0277 e. The van der Waals surface area contributed by atoms with Gasteiger partial charge in [-0.25, -0.2) is 0 Å². The maximum Gasteiger partial charge on any atom is 0.0277 e. The third-order valence-electron chi connectivity index (χ3n) is 5.44. The number of hydrogen-bond donors (Lipinski definition) is 1. The molecule has 1 heterocycles. The van der Waals surface area contributed by atoms with Crippen molar-refractivity contribution in [3.8, 4) is 0 Å². The van der Waals surface area contributed by atoms with Gasteiger partial charge in [-0.3, -0.25) is 9.80 Å². The molecule has 3 aliphatic rings. The van der Waals surface area contributed by atoms with Crippen molar-refractivity contribution < 1.29 is 0 Å². The molecule has 3 fully saturated rings. The molecular formula is C15H29N3. The van der Waals surface area contributed by atoms with Gasteiger partial charge in [0, 0.05) is 37.3 Å². The molecule has 0 amide bonds. The van der Waals surface area contributed by atoms with Gasteiger partial charge in [-0.2, -0.15) is 0 Å². The molecule has 1 aliphatic heterocycles. The van der Waals surface area contributed by atoms with E-state index < -0.39 is 0 Å². The molecule has 2 aliphatic carbocycles. The lowest BCUT2D eigenvalue weighted by Gasteiger charge is -2.52. The van der Waals surface area contributed by atoms with Gasteiger partial charge in [-0.05, 0) is 59.0 Å². The van der Waals surface area contributed by atoms with Crippen LogP contribution in [-0.4, -0.2) is 60.6 Å². The quantitative estimate of drug-likeness (QED) is 0.818. The molecule has 0 bridgehead atoms. The molecule has 2 unspecified atom stereocenters.